The third-order valence-electron chi connectivity index (χ3n) is 7.54. The van der Waals surface area contributed by atoms with Gasteiger partial charge in [0.2, 0.25) is 0 Å². The summed E-state index contributed by atoms with van der Waals surface area (Å²) in [5.74, 6) is -0.300. The van der Waals surface area contributed by atoms with Crippen molar-refractivity contribution in [3.05, 3.63) is 101 Å². The molecule has 3 aromatic carbocycles. The summed E-state index contributed by atoms with van der Waals surface area (Å²) >= 11 is 0. The second-order valence-electron chi connectivity index (χ2n) is 9.53. The van der Waals surface area contributed by atoms with Crippen LogP contribution in [0, 0.1) is 0 Å². The maximum atomic E-state index is 12.6. The van der Waals surface area contributed by atoms with Gasteiger partial charge in [-0.05, 0) is 60.7 Å². The zero-order chi connectivity index (χ0) is 23.1. The molecule has 0 saturated carbocycles. The van der Waals surface area contributed by atoms with E-state index in [4.69, 9.17) is 0 Å². The van der Waals surface area contributed by atoms with E-state index < -0.39 is 0 Å². The van der Waals surface area contributed by atoms with Crippen LogP contribution in [0.1, 0.15) is 56.3 Å². The number of amides is 2. The van der Waals surface area contributed by atoms with Gasteiger partial charge >= 0.3 is 0 Å². The smallest absolute Gasteiger partial charge is 0.261 e. The number of fused-ring (bicyclic) bond motifs is 6. The van der Waals surface area contributed by atoms with Crippen molar-refractivity contribution in [3.63, 3.8) is 0 Å². The molecule has 5 heteroatoms. The van der Waals surface area contributed by atoms with Gasteiger partial charge in [-0.15, -0.1) is 0 Å². The van der Waals surface area contributed by atoms with E-state index in [2.05, 4.69) is 58.3 Å². The fourth-order valence-electron chi connectivity index (χ4n) is 5.81. The Morgan fingerprint density at radius 3 is 2.15 bits per heavy atom. The minimum atomic E-state index is -0.150. The van der Waals surface area contributed by atoms with Gasteiger partial charge in [-0.1, -0.05) is 54.6 Å². The molecule has 6 rings (SSSR count). The highest BCUT2D eigenvalue weighted by molar-refractivity contribution is 6.21. The molecule has 1 atom stereocenters. The number of nitrogens with zero attached hydrogens (tertiary/aromatic N) is 3. The second-order valence-corrected chi connectivity index (χ2v) is 9.53. The van der Waals surface area contributed by atoms with E-state index in [0.29, 0.717) is 23.7 Å². The lowest BCUT2D eigenvalue weighted by Gasteiger charge is -2.43. The number of hydrogen-bond donors (Lipinski definition) is 0. The molecule has 5 nitrogen and oxygen atoms in total. The Labute approximate surface area is 200 Å². The van der Waals surface area contributed by atoms with Gasteiger partial charge in [0.05, 0.1) is 17.2 Å². The number of unbranched alkanes of at least 4 members (excludes halogenated alkanes) is 1. The van der Waals surface area contributed by atoms with Crippen molar-refractivity contribution in [2.24, 2.45) is 0 Å². The van der Waals surface area contributed by atoms with Gasteiger partial charge < -0.3 is 4.90 Å². The van der Waals surface area contributed by atoms with Crippen LogP contribution in [-0.2, 0) is 6.42 Å². The summed E-state index contributed by atoms with van der Waals surface area (Å²) in [6, 6.07) is 25.2. The van der Waals surface area contributed by atoms with Gasteiger partial charge in [-0.3, -0.25) is 19.4 Å². The zero-order valence-corrected chi connectivity index (χ0v) is 19.3. The zero-order valence-electron chi connectivity index (χ0n) is 19.3. The molecule has 172 valence electrons. The van der Waals surface area contributed by atoms with Crippen molar-refractivity contribution in [2.45, 2.75) is 25.3 Å². The monoisotopic (exact) mass is 451 g/mol. The summed E-state index contributed by atoms with van der Waals surface area (Å²) in [6.45, 7) is 4.51. The summed E-state index contributed by atoms with van der Waals surface area (Å²) in [5, 5.41) is 0. The van der Waals surface area contributed by atoms with E-state index in [1.54, 1.807) is 12.1 Å². The van der Waals surface area contributed by atoms with E-state index >= 15 is 0 Å². The number of imide groups is 1. The van der Waals surface area contributed by atoms with Crippen molar-refractivity contribution in [1.29, 1.82) is 0 Å². The Kier molecular flexibility index (Phi) is 5.42. The van der Waals surface area contributed by atoms with Crippen LogP contribution in [0.2, 0.25) is 0 Å². The van der Waals surface area contributed by atoms with Gasteiger partial charge in [0.25, 0.3) is 11.8 Å². The third-order valence-corrected chi connectivity index (χ3v) is 7.54. The van der Waals surface area contributed by atoms with E-state index in [-0.39, 0.29) is 11.8 Å². The van der Waals surface area contributed by atoms with Crippen LogP contribution in [0.3, 0.4) is 0 Å². The number of benzene rings is 3. The van der Waals surface area contributed by atoms with Gasteiger partial charge in [0.15, 0.2) is 0 Å². The average Bonchev–Trinajstić information content (AvgIpc) is 3.03. The first-order chi connectivity index (χ1) is 16.7. The van der Waals surface area contributed by atoms with Crippen LogP contribution >= 0.6 is 0 Å². The molecule has 2 amide bonds. The SMILES string of the molecule is O=C1c2ccccc2C(=O)N1CCCCN1CCN2c3ccccc3Cc3ccccc3[C@@H]2C1. The molecule has 3 aliphatic rings. The molecule has 34 heavy (non-hydrogen) atoms. The number of carbonyl (C=O) groups excluding carboxylic acids is 2. The highest BCUT2D eigenvalue weighted by Crippen LogP contribution is 2.39. The molecule has 3 heterocycles. The molecule has 3 aromatic rings. The molecule has 1 saturated heterocycles. The first-order valence-electron chi connectivity index (χ1n) is 12.3. The fraction of sp³-hybridized carbons (Fsp3) is 0.310. The lowest BCUT2D eigenvalue weighted by Crippen LogP contribution is -2.48. The molecule has 0 aromatic heterocycles. The number of carbonyl (C=O) groups is 2. The topological polar surface area (TPSA) is 43.9 Å². The Hall–Kier alpha value is -3.44. The number of hydrogen-bond acceptors (Lipinski definition) is 4. The lowest BCUT2D eigenvalue weighted by molar-refractivity contribution is 0.0650. The predicted octanol–water partition coefficient (Wildman–Crippen LogP) is 4.53. The predicted molar refractivity (Wildman–Crippen MR) is 133 cm³/mol. The molecule has 0 unspecified atom stereocenters. The Morgan fingerprint density at radius 1 is 0.706 bits per heavy atom. The number of para-hydroxylation sites is 1. The van der Waals surface area contributed by atoms with Crippen LogP contribution in [0.25, 0.3) is 0 Å². The first-order valence-corrected chi connectivity index (χ1v) is 12.3. The minimum Gasteiger partial charge on any atom is -0.362 e. The highest BCUT2D eigenvalue weighted by atomic mass is 16.2. The molecule has 0 bridgehead atoms. The largest absolute Gasteiger partial charge is 0.362 e. The van der Waals surface area contributed by atoms with Crippen LogP contribution in [-0.4, -0.2) is 54.3 Å². The van der Waals surface area contributed by atoms with E-state index in [1.807, 2.05) is 12.1 Å². The lowest BCUT2D eigenvalue weighted by atomic mass is 9.96. The van der Waals surface area contributed by atoms with Gasteiger partial charge in [0.1, 0.15) is 0 Å². The summed E-state index contributed by atoms with van der Waals surface area (Å²) in [5.41, 5.74) is 6.72. The van der Waals surface area contributed by atoms with Gasteiger partial charge in [-0.25, -0.2) is 0 Å². The summed E-state index contributed by atoms with van der Waals surface area (Å²) in [6.07, 6.45) is 2.79. The second kappa shape index (κ2) is 8.73. The molecule has 0 spiro atoms. The van der Waals surface area contributed by atoms with Crippen molar-refractivity contribution in [2.75, 3.05) is 37.6 Å². The summed E-state index contributed by atoms with van der Waals surface area (Å²) < 4.78 is 0. The van der Waals surface area contributed by atoms with Crippen molar-refractivity contribution in [1.82, 2.24) is 9.80 Å². The van der Waals surface area contributed by atoms with Crippen molar-refractivity contribution >= 4 is 17.5 Å². The fourth-order valence-corrected chi connectivity index (χ4v) is 5.81. The Morgan fingerprint density at radius 2 is 1.35 bits per heavy atom. The standard InChI is InChI=1S/C29H29N3O2/c33-28-24-12-4-5-13-25(24)29(34)32(28)16-8-7-15-30-17-18-31-26-14-6-2-10-22(26)19-21-9-1-3-11-23(21)27(31)20-30/h1-6,9-14,27H,7-8,15-20H2/t27-/m0/s1. The minimum absolute atomic E-state index is 0.150. The molecule has 1 fully saturated rings. The Balaban J connectivity index is 1.11. The van der Waals surface area contributed by atoms with E-state index in [0.717, 1.165) is 45.4 Å². The normalized spacial score (nSPS) is 19.4. The van der Waals surface area contributed by atoms with Crippen LogP contribution in [0.5, 0.6) is 0 Å². The highest BCUT2D eigenvalue weighted by Gasteiger charge is 2.35. The maximum absolute atomic E-state index is 12.6. The third kappa shape index (κ3) is 3.61. The van der Waals surface area contributed by atoms with E-state index in [1.165, 1.54) is 27.3 Å². The summed E-state index contributed by atoms with van der Waals surface area (Å²) in [7, 11) is 0. The average molecular weight is 452 g/mol. The Bertz CT molecular complexity index is 1220. The number of piperazine rings is 1. The molecule has 0 radical (unpaired) electrons. The van der Waals surface area contributed by atoms with Crippen molar-refractivity contribution < 1.29 is 9.59 Å². The quantitative estimate of drug-likeness (QED) is 0.422. The number of anilines is 1. The van der Waals surface area contributed by atoms with Gasteiger partial charge in [0, 0.05) is 31.9 Å². The molecule has 3 aliphatic heterocycles. The molecule has 0 N–H and O–H groups in total. The molecule has 0 aliphatic carbocycles. The first kappa shape index (κ1) is 21.1. The maximum Gasteiger partial charge on any atom is 0.261 e. The van der Waals surface area contributed by atoms with Gasteiger partial charge in [-0.2, -0.15) is 0 Å². The van der Waals surface area contributed by atoms with Crippen LogP contribution < -0.4 is 4.90 Å². The number of rotatable bonds is 5. The molecular weight excluding hydrogens is 422 g/mol. The van der Waals surface area contributed by atoms with Crippen molar-refractivity contribution in [3.8, 4) is 0 Å². The van der Waals surface area contributed by atoms with Crippen LogP contribution in [0.15, 0.2) is 72.8 Å². The summed E-state index contributed by atoms with van der Waals surface area (Å²) in [4.78, 5) is 31.8. The van der Waals surface area contributed by atoms with Crippen LogP contribution in [0.4, 0.5) is 5.69 Å². The molecular formula is C29H29N3O2. The van der Waals surface area contributed by atoms with E-state index in [9.17, 15) is 9.59 Å².